The largest absolute Gasteiger partial charge is 0.486 e. The first-order chi connectivity index (χ1) is 17.6. The number of ether oxygens (including phenoxy) is 2. The number of nitrogens with zero attached hydrogens (tertiary/aromatic N) is 2. The Bertz CT molecular complexity index is 1210. The normalized spacial score (nSPS) is 13.7. The first-order valence-electron chi connectivity index (χ1n) is 12.6. The number of nitrogens with one attached hydrogen (secondary N) is 1. The highest BCUT2D eigenvalue weighted by molar-refractivity contribution is 7.92. The Kier molecular flexibility index (Phi) is 9.42. The van der Waals surface area contributed by atoms with Crippen LogP contribution in [-0.4, -0.2) is 62.7 Å². The molecule has 0 radical (unpaired) electrons. The van der Waals surface area contributed by atoms with Crippen molar-refractivity contribution < 1.29 is 27.5 Å². The lowest BCUT2D eigenvalue weighted by atomic mass is 10.1. The van der Waals surface area contributed by atoms with Crippen molar-refractivity contribution in [1.29, 1.82) is 0 Å². The van der Waals surface area contributed by atoms with Crippen molar-refractivity contribution in [2.75, 3.05) is 29.8 Å². The summed E-state index contributed by atoms with van der Waals surface area (Å²) < 4.78 is 38.6. The van der Waals surface area contributed by atoms with E-state index in [2.05, 4.69) is 5.32 Å². The predicted octanol–water partition coefficient (Wildman–Crippen LogP) is 3.25. The summed E-state index contributed by atoms with van der Waals surface area (Å²) >= 11 is 0. The molecular weight excluding hydrogens is 494 g/mol. The summed E-state index contributed by atoms with van der Waals surface area (Å²) in [6, 6.07) is 11.6. The molecule has 0 unspecified atom stereocenters. The first kappa shape index (κ1) is 28.3. The zero-order valence-electron chi connectivity index (χ0n) is 22.2. The van der Waals surface area contributed by atoms with Gasteiger partial charge in [0.2, 0.25) is 21.8 Å². The highest BCUT2D eigenvalue weighted by Crippen LogP contribution is 2.35. The van der Waals surface area contributed by atoms with Gasteiger partial charge >= 0.3 is 0 Å². The molecule has 10 heteroatoms. The molecule has 0 bridgehead atoms. The van der Waals surface area contributed by atoms with Gasteiger partial charge in [0.15, 0.2) is 11.5 Å². The van der Waals surface area contributed by atoms with E-state index in [0.717, 1.165) is 15.4 Å². The molecule has 0 spiro atoms. The molecule has 1 aliphatic heterocycles. The van der Waals surface area contributed by atoms with Gasteiger partial charge in [0, 0.05) is 18.7 Å². The van der Waals surface area contributed by atoms with Crippen LogP contribution in [0.4, 0.5) is 5.69 Å². The minimum atomic E-state index is -3.83. The average Bonchev–Trinajstić information content (AvgIpc) is 2.87. The Hall–Kier alpha value is -3.27. The van der Waals surface area contributed by atoms with Crippen LogP contribution in [0.1, 0.15) is 45.2 Å². The SMILES string of the molecule is CC[C@@H](C(=O)NC(C)C)N(Cc1ccccc1C)C(=O)CN(c1ccc2c(c1)OCCO2)S(=O)(=O)CC. The number of hydrogen-bond donors (Lipinski definition) is 1. The fourth-order valence-electron chi connectivity index (χ4n) is 4.18. The third-order valence-corrected chi connectivity index (χ3v) is 7.95. The lowest BCUT2D eigenvalue weighted by Gasteiger charge is -2.34. The summed E-state index contributed by atoms with van der Waals surface area (Å²) in [5.41, 5.74) is 2.16. The minimum absolute atomic E-state index is 0.105. The fourth-order valence-corrected chi connectivity index (χ4v) is 5.23. The fraction of sp³-hybridized carbons (Fsp3) is 0.481. The van der Waals surface area contributed by atoms with Crippen LogP contribution in [0.3, 0.4) is 0 Å². The number of fused-ring (bicyclic) bond motifs is 1. The van der Waals surface area contributed by atoms with Gasteiger partial charge in [-0.05, 0) is 57.4 Å². The number of carbonyl (C=O) groups is 2. The molecule has 1 N–H and O–H groups in total. The minimum Gasteiger partial charge on any atom is -0.486 e. The number of aryl methyl sites for hydroxylation is 1. The van der Waals surface area contributed by atoms with Crippen molar-refractivity contribution in [2.45, 2.75) is 59.7 Å². The topological polar surface area (TPSA) is 105 Å². The van der Waals surface area contributed by atoms with Gasteiger partial charge in [-0.15, -0.1) is 0 Å². The highest BCUT2D eigenvalue weighted by atomic mass is 32.2. The quantitative estimate of drug-likeness (QED) is 0.477. The average molecular weight is 532 g/mol. The van der Waals surface area contributed by atoms with E-state index < -0.39 is 28.5 Å². The van der Waals surface area contributed by atoms with Crippen LogP contribution in [-0.2, 0) is 26.2 Å². The summed E-state index contributed by atoms with van der Waals surface area (Å²) in [5, 5.41) is 2.89. The van der Waals surface area contributed by atoms with E-state index in [0.29, 0.717) is 36.8 Å². The summed E-state index contributed by atoms with van der Waals surface area (Å²) in [5.74, 6) is 0.00161. The number of rotatable bonds is 11. The lowest BCUT2D eigenvalue weighted by molar-refractivity contribution is -0.140. The highest BCUT2D eigenvalue weighted by Gasteiger charge is 2.33. The van der Waals surface area contributed by atoms with Crippen LogP contribution in [0.15, 0.2) is 42.5 Å². The zero-order valence-corrected chi connectivity index (χ0v) is 23.0. The molecule has 1 heterocycles. The smallest absolute Gasteiger partial charge is 0.244 e. The Morgan fingerprint density at radius 1 is 1.03 bits per heavy atom. The van der Waals surface area contributed by atoms with Gasteiger partial charge in [0.05, 0.1) is 11.4 Å². The van der Waals surface area contributed by atoms with Crippen LogP contribution in [0, 0.1) is 6.92 Å². The number of amides is 2. The molecule has 0 aliphatic carbocycles. The van der Waals surface area contributed by atoms with Gasteiger partial charge in [-0.2, -0.15) is 0 Å². The molecule has 0 aromatic heterocycles. The van der Waals surface area contributed by atoms with Crippen LogP contribution >= 0.6 is 0 Å². The summed E-state index contributed by atoms with van der Waals surface area (Å²) in [4.78, 5) is 28.5. The number of sulfonamides is 1. The van der Waals surface area contributed by atoms with Gasteiger partial charge in [0.1, 0.15) is 25.8 Å². The third kappa shape index (κ3) is 6.94. The molecule has 1 atom stereocenters. The van der Waals surface area contributed by atoms with E-state index in [1.54, 1.807) is 18.2 Å². The van der Waals surface area contributed by atoms with Gasteiger partial charge in [0.25, 0.3) is 0 Å². The first-order valence-corrected chi connectivity index (χ1v) is 14.2. The molecule has 2 amide bonds. The maximum absolute atomic E-state index is 13.9. The van der Waals surface area contributed by atoms with E-state index in [4.69, 9.17) is 9.47 Å². The molecular formula is C27H37N3O6S. The molecule has 0 saturated heterocycles. The molecule has 37 heavy (non-hydrogen) atoms. The lowest BCUT2D eigenvalue weighted by Crippen LogP contribution is -2.53. The van der Waals surface area contributed by atoms with Crippen molar-refractivity contribution in [1.82, 2.24) is 10.2 Å². The van der Waals surface area contributed by atoms with E-state index in [-0.39, 0.29) is 24.2 Å². The Morgan fingerprint density at radius 2 is 1.70 bits per heavy atom. The molecule has 202 valence electrons. The van der Waals surface area contributed by atoms with Gasteiger partial charge in [-0.25, -0.2) is 8.42 Å². The number of carbonyl (C=O) groups excluding carboxylic acids is 2. The monoisotopic (exact) mass is 531 g/mol. The van der Waals surface area contributed by atoms with Crippen molar-refractivity contribution in [3.63, 3.8) is 0 Å². The second kappa shape index (κ2) is 12.3. The van der Waals surface area contributed by atoms with Crippen molar-refractivity contribution in [3.8, 4) is 11.5 Å². The second-order valence-electron chi connectivity index (χ2n) is 9.27. The molecule has 2 aromatic rings. The maximum Gasteiger partial charge on any atom is 0.244 e. The number of benzene rings is 2. The molecule has 3 rings (SSSR count). The predicted molar refractivity (Wildman–Crippen MR) is 143 cm³/mol. The number of hydrogen-bond acceptors (Lipinski definition) is 6. The standard InChI is InChI=1S/C27H37N3O6S/c1-6-23(27(32)28-19(3)4)29(17-21-11-9-8-10-20(21)5)26(31)18-30(37(33,34)7-2)22-12-13-24-25(16-22)36-15-14-35-24/h8-13,16,19,23H,6-7,14-15,17-18H2,1-5H3,(H,28,32)/t23-/m0/s1. The van der Waals surface area contributed by atoms with E-state index in [1.165, 1.54) is 11.8 Å². The van der Waals surface area contributed by atoms with Crippen molar-refractivity contribution in [3.05, 3.63) is 53.6 Å². The van der Waals surface area contributed by atoms with Crippen molar-refractivity contribution in [2.24, 2.45) is 0 Å². The van der Waals surface area contributed by atoms with Gasteiger partial charge < -0.3 is 19.7 Å². The third-order valence-electron chi connectivity index (χ3n) is 6.21. The summed E-state index contributed by atoms with van der Waals surface area (Å²) in [6.07, 6.45) is 0.376. The Morgan fingerprint density at radius 3 is 2.32 bits per heavy atom. The molecule has 9 nitrogen and oxygen atoms in total. The van der Waals surface area contributed by atoms with E-state index >= 15 is 0 Å². The molecule has 2 aromatic carbocycles. The Balaban J connectivity index is 1.99. The molecule has 1 aliphatic rings. The van der Waals surface area contributed by atoms with E-state index in [9.17, 15) is 18.0 Å². The number of anilines is 1. The molecule has 0 saturated carbocycles. The van der Waals surface area contributed by atoms with Crippen LogP contribution in [0.25, 0.3) is 0 Å². The maximum atomic E-state index is 13.9. The summed E-state index contributed by atoms with van der Waals surface area (Å²) in [6.45, 7) is 9.51. The zero-order chi connectivity index (χ0) is 27.2. The Labute approximate surface area is 219 Å². The second-order valence-corrected chi connectivity index (χ2v) is 11.5. The van der Waals surface area contributed by atoms with Crippen LogP contribution < -0.4 is 19.1 Å². The van der Waals surface area contributed by atoms with Gasteiger partial charge in [-0.3, -0.25) is 13.9 Å². The molecule has 0 fully saturated rings. The van der Waals surface area contributed by atoms with E-state index in [1.807, 2.05) is 52.0 Å². The van der Waals surface area contributed by atoms with Gasteiger partial charge in [-0.1, -0.05) is 31.2 Å². The summed E-state index contributed by atoms with van der Waals surface area (Å²) in [7, 11) is -3.83. The van der Waals surface area contributed by atoms with Crippen molar-refractivity contribution >= 4 is 27.5 Å². The van der Waals surface area contributed by atoms with Crippen LogP contribution in [0.2, 0.25) is 0 Å². The van der Waals surface area contributed by atoms with Crippen LogP contribution in [0.5, 0.6) is 11.5 Å².